The Balaban J connectivity index is 1.66. The third-order valence-corrected chi connectivity index (χ3v) is 5.18. The van der Waals surface area contributed by atoms with E-state index in [1.54, 1.807) is 0 Å². The molecule has 1 unspecified atom stereocenters. The first kappa shape index (κ1) is 17.7. The number of hydrogen-bond acceptors (Lipinski definition) is 3. The van der Waals surface area contributed by atoms with Gasteiger partial charge in [-0.3, -0.25) is 14.4 Å². The van der Waals surface area contributed by atoms with Gasteiger partial charge in [0.05, 0.1) is 16.9 Å². The van der Waals surface area contributed by atoms with Gasteiger partial charge < -0.3 is 15.3 Å². The molecule has 1 saturated heterocycles. The second-order valence-electron chi connectivity index (χ2n) is 6.49. The van der Waals surface area contributed by atoms with Gasteiger partial charge in [0.1, 0.15) is 5.82 Å². The van der Waals surface area contributed by atoms with E-state index in [2.05, 4.69) is 5.32 Å². The van der Waals surface area contributed by atoms with Crippen LogP contribution in [0.1, 0.15) is 25.7 Å². The lowest BCUT2D eigenvalue weighted by Gasteiger charge is -2.20. The Bertz CT molecular complexity index is 727. The molecule has 2 aliphatic rings. The van der Waals surface area contributed by atoms with Crippen molar-refractivity contribution in [1.29, 1.82) is 0 Å². The number of carbonyl (C=O) groups excluding carboxylic acids is 2. The number of carboxylic acid groups (broad SMARTS) is 1. The van der Waals surface area contributed by atoms with Gasteiger partial charge in [0, 0.05) is 24.7 Å². The Morgan fingerprint density at radius 2 is 2.08 bits per heavy atom. The maximum absolute atomic E-state index is 13.6. The van der Waals surface area contributed by atoms with Gasteiger partial charge in [-0.1, -0.05) is 18.0 Å². The first-order valence-corrected chi connectivity index (χ1v) is 8.53. The first-order chi connectivity index (χ1) is 11.9. The predicted octanol–water partition coefficient (Wildman–Crippen LogP) is 2.20. The van der Waals surface area contributed by atoms with Crippen LogP contribution < -0.4 is 10.2 Å². The van der Waals surface area contributed by atoms with Crippen molar-refractivity contribution in [1.82, 2.24) is 5.32 Å². The number of aliphatic carboxylic acids is 1. The number of carboxylic acids is 1. The average molecular weight is 369 g/mol. The minimum atomic E-state index is -0.913. The molecule has 0 aromatic heterocycles. The molecule has 1 aromatic carbocycles. The average Bonchev–Trinajstić information content (AvgIpc) is 3.16. The maximum atomic E-state index is 13.6. The molecule has 1 aliphatic heterocycles. The standard InChI is InChI=1S/C17H18ClFN2O4/c18-12-5-4-10(7-13(12)19)21-8-9(6-15(21)22)16(23)20-14-3-1-2-11(14)17(24)25/h4-5,7,9,11,14H,1-3,6,8H2,(H,20,23)(H,24,25)/t9?,11-,14+/m1/s1. The monoisotopic (exact) mass is 368 g/mol. The molecule has 2 fully saturated rings. The summed E-state index contributed by atoms with van der Waals surface area (Å²) in [5.41, 5.74) is 0.353. The zero-order valence-corrected chi connectivity index (χ0v) is 14.1. The Labute approximate surface area is 148 Å². The molecule has 1 saturated carbocycles. The highest BCUT2D eigenvalue weighted by Gasteiger charge is 2.39. The van der Waals surface area contributed by atoms with E-state index in [0.717, 1.165) is 12.5 Å². The van der Waals surface area contributed by atoms with Gasteiger partial charge in [0.2, 0.25) is 11.8 Å². The van der Waals surface area contributed by atoms with Crippen LogP contribution in [0, 0.1) is 17.7 Å². The van der Waals surface area contributed by atoms with Crippen molar-refractivity contribution >= 4 is 35.1 Å². The molecule has 1 aliphatic carbocycles. The van der Waals surface area contributed by atoms with Crippen molar-refractivity contribution in [2.24, 2.45) is 11.8 Å². The van der Waals surface area contributed by atoms with Crippen molar-refractivity contribution < 1.29 is 23.9 Å². The zero-order chi connectivity index (χ0) is 18.1. The van der Waals surface area contributed by atoms with Crippen LogP contribution in [0.4, 0.5) is 10.1 Å². The van der Waals surface area contributed by atoms with Gasteiger partial charge >= 0.3 is 5.97 Å². The molecule has 2 amide bonds. The smallest absolute Gasteiger partial charge is 0.308 e. The number of nitrogens with zero attached hydrogens (tertiary/aromatic N) is 1. The van der Waals surface area contributed by atoms with Crippen molar-refractivity contribution in [3.8, 4) is 0 Å². The molecular weight excluding hydrogens is 351 g/mol. The van der Waals surface area contributed by atoms with Crippen molar-refractivity contribution in [2.45, 2.75) is 31.7 Å². The summed E-state index contributed by atoms with van der Waals surface area (Å²) in [5.74, 6) is -3.31. The topological polar surface area (TPSA) is 86.7 Å². The lowest BCUT2D eigenvalue weighted by atomic mass is 10.0. The highest BCUT2D eigenvalue weighted by Crippen LogP contribution is 2.30. The predicted molar refractivity (Wildman–Crippen MR) is 88.8 cm³/mol. The lowest BCUT2D eigenvalue weighted by Crippen LogP contribution is -2.43. The molecule has 0 spiro atoms. The van der Waals surface area contributed by atoms with Gasteiger partial charge in [-0.25, -0.2) is 4.39 Å². The Morgan fingerprint density at radius 1 is 1.32 bits per heavy atom. The Hall–Kier alpha value is -2.15. The molecule has 3 atom stereocenters. The largest absolute Gasteiger partial charge is 0.481 e. The molecule has 0 bridgehead atoms. The molecule has 8 heteroatoms. The van der Waals surface area contributed by atoms with Crippen LogP contribution in [-0.2, 0) is 14.4 Å². The Kier molecular flexibility index (Phi) is 4.94. The second kappa shape index (κ2) is 7.00. The molecule has 2 N–H and O–H groups in total. The Morgan fingerprint density at radius 3 is 2.76 bits per heavy atom. The molecule has 25 heavy (non-hydrogen) atoms. The van der Waals surface area contributed by atoms with Crippen LogP contribution in [0.5, 0.6) is 0 Å². The number of rotatable bonds is 4. The van der Waals surface area contributed by atoms with E-state index in [1.165, 1.54) is 17.0 Å². The quantitative estimate of drug-likeness (QED) is 0.853. The minimum absolute atomic E-state index is 0.0144. The van der Waals surface area contributed by atoms with E-state index in [-0.39, 0.29) is 29.8 Å². The van der Waals surface area contributed by atoms with Crippen LogP contribution in [-0.4, -0.2) is 35.5 Å². The van der Waals surface area contributed by atoms with E-state index in [0.29, 0.717) is 18.5 Å². The van der Waals surface area contributed by atoms with Crippen molar-refractivity contribution in [2.75, 3.05) is 11.4 Å². The number of halogens is 2. The summed E-state index contributed by atoms with van der Waals surface area (Å²) >= 11 is 5.65. The van der Waals surface area contributed by atoms with E-state index in [1.807, 2.05) is 0 Å². The molecular formula is C17H18ClFN2O4. The highest BCUT2D eigenvalue weighted by molar-refractivity contribution is 6.30. The van der Waals surface area contributed by atoms with E-state index < -0.39 is 29.7 Å². The number of carbonyl (C=O) groups is 3. The third-order valence-electron chi connectivity index (χ3n) is 4.87. The summed E-state index contributed by atoms with van der Waals surface area (Å²) in [4.78, 5) is 37.2. The van der Waals surface area contributed by atoms with Crippen molar-refractivity contribution in [3.63, 3.8) is 0 Å². The van der Waals surface area contributed by atoms with Crippen LogP contribution >= 0.6 is 11.6 Å². The maximum Gasteiger partial charge on any atom is 0.308 e. The molecule has 1 aromatic rings. The zero-order valence-electron chi connectivity index (χ0n) is 13.4. The van der Waals surface area contributed by atoms with Crippen LogP contribution in [0.3, 0.4) is 0 Å². The number of benzene rings is 1. The minimum Gasteiger partial charge on any atom is -0.481 e. The van der Waals surface area contributed by atoms with Gasteiger partial charge in [0.15, 0.2) is 0 Å². The summed E-state index contributed by atoms with van der Waals surface area (Å²) in [7, 11) is 0. The third kappa shape index (κ3) is 3.61. The molecule has 3 rings (SSSR count). The van der Waals surface area contributed by atoms with Crippen LogP contribution in [0.15, 0.2) is 18.2 Å². The number of amides is 2. The van der Waals surface area contributed by atoms with E-state index in [9.17, 15) is 23.9 Å². The van der Waals surface area contributed by atoms with E-state index in [4.69, 9.17) is 11.6 Å². The summed E-state index contributed by atoms with van der Waals surface area (Å²) in [6, 6.07) is 3.66. The SMILES string of the molecule is O=C(N[C@H]1CCC[C@H]1C(=O)O)C1CC(=O)N(c2ccc(Cl)c(F)c2)C1. The summed E-state index contributed by atoms with van der Waals surface area (Å²) < 4.78 is 13.6. The number of hydrogen-bond donors (Lipinski definition) is 2. The fourth-order valence-electron chi connectivity index (χ4n) is 3.51. The first-order valence-electron chi connectivity index (χ1n) is 8.15. The van der Waals surface area contributed by atoms with Crippen LogP contribution in [0.25, 0.3) is 0 Å². The lowest BCUT2D eigenvalue weighted by molar-refractivity contribution is -0.142. The fourth-order valence-corrected chi connectivity index (χ4v) is 3.63. The molecule has 0 radical (unpaired) electrons. The van der Waals surface area contributed by atoms with Crippen LogP contribution in [0.2, 0.25) is 5.02 Å². The van der Waals surface area contributed by atoms with Gasteiger partial charge in [-0.15, -0.1) is 0 Å². The molecule has 1 heterocycles. The highest BCUT2D eigenvalue weighted by atomic mass is 35.5. The van der Waals surface area contributed by atoms with Crippen molar-refractivity contribution in [3.05, 3.63) is 29.0 Å². The van der Waals surface area contributed by atoms with Gasteiger partial charge in [-0.05, 0) is 31.0 Å². The summed E-state index contributed by atoms with van der Waals surface area (Å²) in [6.07, 6.45) is 1.93. The summed E-state index contributed by atoms with van der Waals surface area (Å²) in [6.45, 7) is 0.135. The fraction of sp³-hybridized carbons (Fsp3) is 0.471. The second-order valence-corrected chi connectivity index (χ2v) is 6.90. The summed E-state index contributed by atoms with van der Waals surface area (Å²) in [5, 5.41) is 11.9. The normalized spacial score (nSPS) is 26.1. The van der Waals surface area contributed by atoms with Gasteiger partial charge in [-0.2, -0.15) is 0 Å². The van der Waals surface area contributed by atoms with Gasteiger partial charge in [0.25, 0.3) is 0 Å². The number of nitrogens with one attached hydrogen (secondary N) is 1. The number of anilines is 1. The molecule has 6 nitrogen and oxygen atoms in total. The molecule has 134 valence electrons. The van der Waals surface area contributed by atoms with E-state index >= 15 is 0 Å².